The van der Waals surface area contributed by atoms with E-state index in [9.17, 15) is 10.1 Å². The Balaban J connectivity index is 1.23. The quantitative estimate of drug-likeness (QED) is 0.802. The van der Waals surface area contributed by atoms with E-state index < -0.39 is 0 Å². The summed E-state index contributed by atoms with van der Waals surface area (Å²) in [6.07, 6.45) is 13.3. The van der Waals surface area contributed by atoms with Crippen LogP contribution >= 0.6 is 0 Å². The number of piperidine rings is 1. The van der Waals surface area contributed by atoms with Crippen LogP contribution in [0.25, 0.3) is 0 Å². The summed E-state index contributed by atoms with van der Waals surface area (Å²) >= 11 is 0. The molecule has 0 spiro atoms. The second-order valence-electron chi connectivity index (χ2n) is 9.22. The lowest BCUT2D eigenvalue weighted by molar-refractivity contribution is -0.131. The Morgan fingerprint density at radius 1 is 1.07 bits per heavy atom. The first kappa shape index (κ1) is 18.2. The number of hydrogen-bond acceptors (Lipinski definition) is 3. The molecule has 1 amide bonds. The Morgan fingerprint density at radius 3 is 2.43 bits per heavy atom. The maximum atomic E-state index is 12.6. The van der Waals surface area contributed by atoms with Crippen LogP contribution in [-0.2, 0) is 36.9 Å². The highest BCUT2D eigenvalue weighted by Gasteiger charge is 2.53. The van der Waals surface area contributed by atoms with Gasteiger partial charge in [-0.1, -0.05) is 6.07 Å². The highest BCUT2D eigenvalue weighted by atomic mass is 16.2. The van der Waals surface area contributed by atoms with Gasteiger partial charge in [0.25, 0.3) is 0 Å². The van der Waals surface area contributed by atoms with Crippen molar-refractivity contribution in [3.8, 4) is 6.07 Å². The molecule has 0 unspecified atom stereocenters. The van der Waals surface area contributed by atoms with Crippen molar-refractivity contribution in [1.29, 1.82) is 5.26 Å². The number of likely N-dealkylation sites (tertiary alicyclic amines) is 1. The van der Waals surface area contributed by atoms with Gasteiger partial charge in [-0.25, -0.2) is 0 Å². The monoisotopic (exact) mass is 377 g/mol. The number of nitrogens with zero attached hydrogens (tertiary/aromatic N) is 2. The molecule has 4 heteroatoms. The predicted octanol–water partition coefficient (Wildman–Crippen LogP) is 3.09. The fraction of sp³-hybridized carbons (Fsp3) is 0.667. The number of carbonyl (C=O) groups excluding carboxylic acids is 1. The average molecular weight is 378 g/mol. The lowest BCUT2D eigenvalue weighted by atomic mass is 9.78. The molecule has 1 aliphatic heterocycles. The van der Waals surface area contributed by atoms with Gasteiger partial charge in [0.1, 0.15) is 6.04 Å². The standard InChI is InChI=1S/C24H31N3O/c25-14-19-12-18-13-23(18)27(19)24(28)15-26-10-9-22-20-7-3-1-5-16(20)11-17-6-2-4-8-21(17)22/h11,18-19,23,26H,1-10,12-13,15H2/t18-,19+,23+/m1/s1. The number of hydrogen-bond donors (Lipinski definition) is 1. The second-order valence-corrected chi connectivity index (χ2v) is 9.22. The lowest BCUT2D eigenvalue weighted by Gasteiger charge is -2.28. The summed E-state index contributed by atoms with van der Waals surface area (Å²) in [7, 11) is 0. The van der Waals surface area contributed by atoms with Crippen molar-refractivity contribution in [3.63, 3.8) is 0 Å². The Kier molecular flexibility index (Phi) is 4.88. The summed E-state index contributed by atoms with van der Waals surface area (Å²) in [5.74, 6) is 0.713. The fourth-order valence-electron chi connectivity index (χ4n) is 5.99. The zero-order chi connectivity index (χ0) is 19.1. The molecule has 1 aromatic carbocycles. The van der Waals surface area contributed by atoms with Crippen molar-refractivity contribution in [2.75, 3.05) is 13.1 Å². The van der Waals surface area contributed by atoms with E-state index in [1.807, 2.05) is 4.90 Å². The molecule has 148 valence electrons. The van der Waals surface area contributed by atoms with E-state index in [2.05, 4.69) is 17.5 Å². The number of nitrogens with one attached hydrogen (secondary N) is 1. The van der Waals surface area contributed by atoms with E-state index in [0.29, 0.717) is 18.5 Å². The van der Waals surface area contributed by atoms with Crippen LogP contribution in [-0.4, -0.2) is 36.0 Å². The largest absolute Gasteiger partial charge is 0.322 e. The normalized spacial score (nSPS) is 27.5. The molecule has 3 aliphatic carbocycles. The van der Waals surface area contributed by atoms with Crippen LogP contribution in [0.15, 0.2) is 6.07 Å². The summed E-state index contributed by atoms with van der Waals surface area (Å²) in [6.45, 7) is 1.23. The van der Waals surface area contributed by atoms with Crippen molar-refractivity contribution >= 4 is 5.91 Å². The van der Waals surface area contributed by atoms with Gasteiger partial charge in [0, 0.05) is 6.04 Å². The van der Waals surface area contributed by atoms with Gasteiger partial charge in [0.05, 0.1) is 12.6 Å². The number of nitriles is 1. The Morgan fingerprint density at radius 2 is 1.75 bits per heavy atom. The summed E-state index contributed by atoms with van der Waals surface area (Å²) in [5, 5.41) is 12.7. The molecule has 0 aromatic heterocycles. The maximum absolute atomic E-state index is 12.6. The highest BCUT2D eigenvalue weighted by molar-refractivity contribution is 5.80. The summed E-state index contributed by atoms with van der Waals surface area (Å²) in [4.78, 5) is 14.5. The molecule has 2 fully saturated rings. The van der Waals surface area contributed by atoms with Gasteiger partial charge in [0.15, 0.2) is 0 Å². The lowest BCUT2D eigenvalue weighted by Crippen LogP contribution is -2.43. The summed E-state index contributed by atoms with van der Waals surface area (Å²) in [6, 6.07) is 5.00. The number of benzene rings is 1. The summed E-state index contributed by atoms with van der Waals surface area (Å²) < 4.78 is 0. The Hall–Kier alpha value is -1.86. The fourth-order valence-corrected chi connectivity index (χ4v) is 5.99. The van der Waals surface area contributed by atoms with Crippen LogP contribution in [0.5, 0.6) is 0 Å². The first-order valence-electron chi connectivity index (χ1n) is 11.3. The van der Waals surface area contributed by atoms with E-state index in [1.54, 1.807) is 27.8 Å². The predicted molar refractivity (Wildman–Crippen MR) is 109 cm³/mol. The zero-order valence-electron chi connectivity index (χ0n) is 16.8. The Labute approximate surface area is 168 Å². The molecule has 5 rings (SSSR count). The van der Waals surface area contributed by atoms with Crippen LogP contribution in [0.1, 0.15) is 66.3 Å². The molecular formula is C24H31N3O. The van der Waals surface area contributed by atoms with Crippen LogP contribution in [0.4, 0.5) is 0 Å². The first-order valence-corrected chi connectivity index (χ1v) is 11.3. The van der Waals surface area contributed by atoms with Crippen molar-refractivity contribution in [1.82, 2.24) is 10.2 Å². The molecule has 1 heterocycles. The minimum atomic E-state index is -0.189. The van der Waals surface area contributed by atoms with Crippen molar-refractivity contribution in [2.45, 2.75) is 82.7 Å². The Bertz CT molecular complexity index is 790. The van der Waals surface area contributed by atoms with Crippen molar-refractivity contribution < 1.29 is 4.79 Å². The van der Waals surface area contributed by atoms with Gasteiger partial charge in [-0.05, 0) is 111 Å². The number of amides is 1. The van der Waals surface area contributed by atoms with Crippen molar-refractivity contribution in [2.24, 2.45) is 5.92 Å². The third kappa shape index (κ3) is 3.24. The van der Waals surface area contributed by atoms with Crippen molar-refractivity contribution in [3.05, 3.63) is 33.9 Å². The maximum Gasteiger partial charge on any atom is 0.237 e. The molecule has 4 nitrogen and oxygen atoms in total. The number of aryl methyl sites for hydroxylation is 2. The molecule has 0 radical (unpaired) electrons. The number of fused-ring (bicyclic) bond motifs is 3. The van der Waals surface area contributed by atoms with Gasteiger partial charge >= 0.3 is 0 Å². The first-order chi connectivity index (χ1) is 13.8. The zero-order valence-corrected chi connectivity index (χ0v) is 16.8. The van der Waals surface area contributed by atoms with E-state index in [0.717, 1.165) is 25.8 Å². The molecule has 1 N–H and O–H groups in total. The van der Waals surface area contributed by atoms with Crippen LogP contribution in [0.3, 0.4) is 0 Å². The minimum absolute atomic E-state index is 0.119. The second kappa shape index (κ2) is 7.52. The SMILES string of the molecule is N#C[C@@H]1C[C@@H]2C[C@@H]2N1C(=O)CNCCc1c2c(cc3c1CCCC3)CCCC2. The topological polar surface area (TPSA) is 56.1 Å². The minimum Gasteiger partial charge on any atom is -0.322 e. The van der Waals surface area contributed by atoms with Crippen LogP contribution < -0.4 is 5.32 Å². The number of carbonyl (C=O) groups is 1. The molecule has 3 atom stereocenters. The van der Waals surface area contributed by atoms with Gasteiger partial charge in [-0.15, -0.1) is 0 Å². The third-order valence-electron chi connectivity index (χ3n) is 7.47. The van der Waals surface area contributed by atoms with Gasteiger partial charge in [-0.2, -0.15) is 5.26 Å². The van der Waals surface area contributed by atoms with Crippen LogP contribution in [0.2, 0.25) is 0 Å². The van der Waals surface area contributed by atoms with Crippen LogP contribution in [0, 0.1) is 17.2 Å². The molecule has 4 aliphatic rings. The van der Waals surface area contributed by atoms with E-state index in [1.165, 1.54) is 51.4 Å². The average Bonchev–Trinajstić information content (AvgIpc) is 3.39. The van der Waals surface area contributed by atoms with E-state index >= 15 is 0 Å². The molecule has 28 heavy (non-hydrogen) atoms. The molecule has 0 bridgehead atoms. The molecular weight excluding hydrogens is 346 g/mol. The highest BCUT2D eigenvalue weighted by Crippen LogP contribution is 2.47. The molecule has 1 aromatic rings. The molecule has 1 saturated heterocycles. The number of rotatable bonds is 5. The van der Waals surface area contributed by atoms with Gasteiger partial charge in [-0.3, -0.25) is 4.79 Å². The smallest absolute Gasteiger partial charge is 0.237 e. The van der Waals surface area contributed by atoms with E-state index in [4.69, 9.17) is 0 Å². The van der Waals surface area contributed by atoms with E-state index in [-0.39, 0.29) is 11.9 Å². The van der Waals surface area contributed by atoms with Gasteiger partial charge in [0.2, 0.25) is 5.91 Å². The van der Waals surface area contributed by atoms with Gasteiger partial charge < -0.3 is 10.2 Å². The molecule has 1 saturated carbocycles. The third-order valence-corrected chi connectivity index (χ3v) is 7.47. The summed E-state index contributed by atoms with van der Waals surface area (Å²) in [5.41, 5.74) is 8.07.